The standard InChI is InChI=1S/C21H18ClN3O4S2/c1-29-16-9-5-3-7-14(16)19(27)24-23-18(26)10-11-25-20(28)17(31-21(25)30)12-13-6-2-4-8-15(13)22/h2-9,12H,10-11H2,1H3,(H,23,26)(H,24,27)/b17-12-. The number of nitrogens with zero attached hydrogens (tertiary/aromatic N) is 1. The number of para-hydroxylation sites is 1. The van der Waals surface area contributed by atoms with Crippen LogP contribution in [0.5, 0.6) is 5.75 Å². The van der Waals surface area contributed by atoms with Crippen molar-refractivity contribution in [3.05, 3.63) is 69.6 Å². The van der Waals surface area contributed by atoms with Crippen LogP contribution in [0.1, 0.15) is 22.3 Å². The first-order valence-corrected chi connectivity index (χ1v) is 10.7. The number of halogens is 1. The third-order valence-corrected chi connectivity index (χ3v) is 6.02. The van der Waals surface area contributed by atoms with Crippen LogP contribution in [0.4, 0.5) is 0 Å². The molecule has 0 atom stereocenters. The van der Waals surface area contributed by atoms with Crippen molar-refractivity contribution in [2.75, 3.05) is 13.7 Å². The fourth-order valence-corrected chi connectivity index (χ4v) is 4.22. The summed E-state index contributed by atoms with van der Waals surface area (Å²) in [5.74, 6) is -0.885. The molecule has 0 saturated carbocycles. The fourth-order valence-electron chi connectivity index (χ4n) is 2.73. The van der Waals surface area contributed by atoms with Crippen LogP contribution in [0.3, 0.4) is 0 Å². The van der Waals surface area contributed by atoms with Crippen LogP contribution < -0.4 is 15.6 Å². The van der Waals surface area contributed by atoms with Crippen molar-refractivity contribution in [2.24, 2.45) is 0 Å². The zero-order valence-electron chi connectivity index (χ0n) is 16.4. The summed E-state index contributed by atoms with van der Waals surface area (Å²) in [5.41, 5.74) is 5.66. The molecule has 2 aromatic carbocycles. The number of benzene rings is 2. The van der Waals surface area contributed by atoms with E-state index < -0.39 is 11.8 Å². The topological polar surface area (TPSA) is 87.7 Å². The molecule has 3 amide bonds. The van der Waals surface area contributed by atoms with Crippen molar-refractivity contribution in [1.82, 2.24) is 15.8 Å². The van der Waals surface area contributed by atoms with Crippen molar-refractivity contribution in [1.29, 1.82) is 0 Å². The highest BCUT2D eigenvalue weighted by atomic mass is 35.5. The number of hydrogen-bond acceptors (Lipinski definition) is 6. The van der Waals surface area contributed by atoms with E-state index in [-0.39, 0.29) is 24.4 Å². The van der Waals surface area contributed by atoms with Gasteiger partial charge < -0.3 is 4.74 Å². The molecule has 0 radical (unpaired) electrons. The minimum absolute atomic E-state index is 0.0436. The maximum Gasteiger partial charge on any atom is 0.273 e. The summed E-state index contributed by atoms with van der Waals surface area (Å²) in [6.45, 7) is 0.0842. The summed E-state index contributed by atoms with van der Waals surface area (Å²) in [5, 5.41) is 0.526. The maximum atomic E-state index is 12.7. The quantitative estimate of drug-likeness (QED) is 0.378. The minimum atomic E-state index is -0.515. The van der Waals surface area contributed by atoms with E-state index in [1.165, 1.54) is 12.0 Å². The molecule has 0 aromatic heterocycles. The molecule has 0 aliphatic carbocycles. The lowest BCUT2D eigenvalue weighted by Crippen LogP contribution is -2.43. The predicted octanol–water partition coefficient (Wildman–Crippen LogP) is 3.40. The summed E-state index contributed by atoms with van der Waals surface area (Å²) < 4.78 is 5.48. The van der Waals surface area contributed by atoms with Crippen molar-refractivity contribution < 1.29 is 19.1 Å². The Bertz CT molecular complexity index is 1070. The second-order valence-electron chi connectivity index (χ2n) is 6.31. The van der Waals surface area contributed by atoms with Gasteiger partial charge in [0, 0.05) is 18.0 Å². The van der Waals surface area contributed by atoms with Crippen molar-refractivity contribution in [3.63, 3.8) is 0 Å². The van der Waals surface area contributed by atoms with Crippen molar-refractivity contribution >= 4 is 63.7 Å². The fraction of sp³-hybridized carbons (Fsp3) is 0.143. The van der Waals surface area contributed by atoms with Gasteiger partial charge in [-0.25, -0.2) is 0 Å². The third kappa shape index (κ3) is 5.63. The van der Waals surface area contributed by atoms with Gasteiger partial charge in [0.25, 0.3) is 11.8 Å². The number of ether oxygens (including phenoxy) is 1. The first-order chi connectivity index (χ1) is 14.9. The van der Waals surface area contributed by atoms with Crippen LogP contribution in [0.25, 0.3) is 6.08 Å². The average molecular weight is 476 g/mol. The number of carbonyl (C=O) groups is 3. The molecule has 2 aromatic rings. The van der Waals surface area contributed by atoms with Gasteiger partial charge in [0.05, 0.1) is 17.6 Å². The molecular weight excluding hydrogens is 458 g/mol. The van der Waals surface area contributed by atoms with Gasteiger partial charge in [-0.3, -0.25) is 30.1 Å². The molecule has 31 heavy (non-hydrogen) atoms. The number of carbonyl (C=O) groups excluding carboxylic acids is 3. The summed E-state index contributed by atoms with van der Waals surface area (Å²) >= 11 is 12.6. The molecule has 1 saturated heterocycles. The molecule has 1 heterocycles. The maximum absolute atomic E-state index is 12.7. The van der Waals surface area contributed by atoms with E-state index in [9.17, 15) is 14.4 Å². The number of thiocarbonyl (C=S) groups is 1. The summed E-state index contributed by atoms with van der Waals surface area (Å²) in [6, 6.07) is 13.8. The number of hydrazine groups is 1. The monoisotopic (exact) mass is 475 g/mol. The van der Waals surface area contributed by atoms with E-state index in [1.54, 1.807) is 48.5 Å². The van der Waals surface area contributed by atoms with Gasteiger partial charge in [-0.2, -0.15) is 0 Å². The van der Waals surface area contributed by atoms with E-state index in [1.807, 2.05) is 6.07 Å². The molecule has 7 nitrogen and oxygen atoms in total. The van der Waals surface area contributed by atoms with Gasteiger partial charge in [-0.05, 0) is 29.8 Å². The lowest BCUT2D eigenvalue weighted by atomic mass is 10.2. The van der Waals surface area contributed by atoms with E-state index in [0.29, 0.717) is 25.6 Å². The Balaban J connectivity index is 1.54. The largest absolute Gasteiger partial charge is 0.496 e. The minimum Gasteiger partial charge on any atom is -0.496 e. The van der Waals surface area contributed by atoms with Crippen LogP contribution in [0.15, 0.2) is 53.4 Å². The molecule has 0 bridgehead atoms. The van der Waals surface area contributed by atoms with Gasteiger partial charge in [-0.1, -0.05) is 65.9 Å². The molecular formula is C21H18ClN3O4S2. The second-order valence-corrected chi connectivity index (χ2v) is 8.39. The van der Waals surface area contributed by atoms with Crippen LogP contribution >= 0.6 is 35.6 Å². The van der Waals surface area contributed by atoms with Gasteiger partial charge in [0.2, 0.25) is 5.91 Å². The van der Waals surface area contributed by atoms with Crippen LogP contribution in [0, 0.1) is 0 Å². The van der Waals surface area contributed by atoms with E-state index >= 15 is 0 Å². The Morgan fingerprint density at radius 1 is 1.16 bits per heavy atom. The molecule has 0 spiro atoms. The Kier molecular flexibility index (Phi) is 7.67. The molecule has 1 aliphatic heterocycles. The summed E-state index contributed by atoms with van der Waals surface area (Å²) in [4.78, 5) is 38.8. The number of hydrogen-bond donors (Lipinski definition) is 2. The second kappa shape index (κ2) is 10.4. The lowest BCUT2D eigenvalue weighted by molar-refractivity contribution is -0.124. The van der Waals surface area contributed by atoms with Crippen molar-refractivity contribution in [3.8, 4) is 5.75 Å². The highest BCUT2D eigenvalue weighted by molar-refractivity contribution is 8.26. The Labute approximate surface area is 193 Å². The molecule has 3 rings (SSSR count). The van der Waals surface area contributed by atoms with Gasteiger partial charge in [-0.15, -0.1) is 0 Å². The highest BCUT2D eigenvalue weighted by Crippen LogP contribution is 2.33. The van der Waals surface area contributed by atoms with Gasteiger partial charge in [0.15, 0.2) is 0 Å². The normalized spacial score (nSPS) is 14.6. The zero-order chi connectivity index (χ0) is 22.4. The van der Waals surface area contributed by atoms with Gasteiger partial charge in [0.1, 0.15) is 10.1 Å². The van der Waals surface area contributed by atoms with Crippen LogP contribution in [-0.2, 0) is 9.59 Å². The third-order valence-electron chi connectivity index (χ3n) is 4.29. The lowest BCUT2D eigenvalue weighted by Gasteiger charge is -2.14. The van der Waals surface area contributed by atoms with E-state index in [0.717, 1.165) is 11.8 Å². The number of nitrogens with one attached hydrogen (secondary N) is 2. The first kappa shape index (κ1) is 22.8. The van der Waals surface area contributed by atoms with Gasteiger partial charge >= 0.3 is 0 Å². The van der Waals surface area contributed by atoms with Crippen LogP contribution in [0.2, 0.25) is 5.02 Å². The zero-order valence-corrected chi connectivity index (χ0v) is 18.8. The average Bonchev–Trinajstić information content (AvgIpc) is 3.04. The Morgan fingerprint density at radius 2 is 1.87 bits per heavy atom. The van der Waals surface area contributed by atoms with E-state index in [2.05, 4.69) is 10.9 Å². The molecule has 1 fully saturated rings. The predicted molar refractivity (Wildman–Crippen MR) is 125 cm³/mol. The molecule has 10 heteroatoms. The number of methoxy groups -OCH3 is 1. The van der Waals surface area contributed by atoms with Crippen molar-refractivity contribution in [2.45, 2.75) is 6.42 Å². The smallest absolute Gasteiger partial charge is 0.273 e. The summed E-state index contributed by atoms with van der Waals surface area (Å²) in [6.07, 6.45) is 1.63. The molecule has 160 valence electrons. The first-order valence-electron chi connectivity index (χ1n) is 9.13. The number of amides is 3. The Hall–Kier alpha value is -2.88. The Morgan fingerprint density at radius 3 is 2.61 bits per heavy atom. The number of thioether (sulfide) groups is 1. The van der Waals surface area contributed by atoms with E-state index in [4.69, 9.17) is 28.6 Å². The van der Waals surface area contributed by atoms with Crippen LogP contribution in [-0.4, -0.2) is 40.6 Å². The highest BCUT2D eigenvalue weighted by Gasteiger charge is 2.32. The molecule has 0 unspecified atom stereocenters. The number of rotatable bonds is 6. The molecule has 1 aliphatic rings. The summed E-state index contributed by atoms with van der Waals surface area (Å²) in [7, 11) is 1.45. The SMILES string of the molecule is COc1ccccc1C(=O)NNC(=O)CCN1C(=O)/C(=C/c2ccccc2Cl)SC1=S. The molecule has 2 N–H and O–H groups in total.